The zero-order chi connectivity index (χ0) is 25.3. The minimum absolute atomic E-state index is 0.407. The van der Waals surface area contributed by atoms with Crippen molar-refractivity contribution in [3.8, 4) is 11.5 Å². The highest BCUT2D eigenvalue weighted by Crippen LogP contribution is 2.70. The number of primary amides is 1. The van der Waals surface area contributed by atoms with E-state index < -0.39 is 17.4 Å². The zero-order valence-electron chi connectivity index (χ0n) is 20.5. The molecule has 192 valence electrons. The van der Waals surface area contributed by atoms with E-state index in [9.17, 15) is 9.36 Å². The van der Waals surface area contributed by atoms with Gasteiger partial charge < -0.3 is 29.2 Å². The number of amides is 1. The number of thioether (sulfide) groups is 1. The molecule has 0 aromatic heterocycles. The number of nitrogens with two attached hydrogens (primary N) is 1. The molecule has 1 amide bonds. The van der Waals surface area contributed by atoms with Crippen LogP contribution in [0.1, 0.15) is 24.8 Å². The third kappa shape index (κ3) is 7.43. The average molecular weight is 540 g/mol. The largest absolute Gasteiger partial charge is 0.497 e. The van der Waals surface area contributed by atoms with Crippen LogP contribution in [0.5, 0.6) is 11.5 Å². The molecule has 3 rings (SSSR count). The van der Waals surface area contributed by atoms with Crippen LogP contribution in [0.15, 0.2) is 52.3 Å². The van der Waals surface area contributed by atoms with E-state index in [0.717, 1.165) is 39.0 Å². The first kappa shape index (κ1) is 27.9. The number of hydrogen-bond donors (Lipinski definition) is 1. The smallest absolute Gasteiger partial charge is 0.232 e. The van der Waals surface area contributed by atoms with Crippen molar-refractivity contribution in [2.75, 3.05) is 46.5 Å². The first-order chi connectivity index (χ1) is 16.8. The van der Waals surface area contributed by atoms with Crippen molar-refractivity contribution in [3.63, 3.8) is 0 Å². The molecule has 0 bridgehead atoms. The summed E-state index contributed by atoms with van der Waals surface area (Å²) in [6.45, 7) is 3.65. The number of methoxy groups -OCH3 is 2. The molecule has 1 aliphatic heterocycles. The van der Waals surface area contributed by atoms with Crippen molar-refractivity contribution in [3.05, 3.63) is 48.0 Å². The molecule has 1 heterocycles. The molecular weight excluding hydrogens is 505 g/mol. The Bertz CT molecular complexity index is 1000. The molecule has 1 saturated heterocycles. The van der Waals surface area contributed by atoms with Crippen LogP contribution in [0.2, 0.25) is 0 Å². The number of carbonyl (C=O) groups is 1. The van der Waals surface area contributed by atoms with Gasteiger partial charge in [0, 0.05) is 41.4 Å². The molecule has 2 aromatic rings. The van der Waals surface area contributed by atoms with Gasteiger partial charge in [-0.25, -0.2) is 0 Å². The van der Waals surface area contributed by atoms with Gasteiger partial charge in [0.25, 0.3) is 0 Å². The predicted molar refractivity (Wildman–Crippen MR) is 142 cm³/mol. The summed E-state index contributed by atoms with van der Waals surface area (Å²) in [6, 6.07) is 13.7. The summed E-state index contributed by atoms with van der Waals surface area (Å²) in [5, 5.41) is -1.00. The standard InChI is InChI=1S/C25H34NO6PS2/c1-29-20-15-19(16-21(17-20)30-2)18-32-11-4-14-34-22-5-7-23(8-6-22)35-33(3,28)25(24(26)27)9-12-31-13-10-25/h5-8,15-17H,4,9-14,18H2,1-3H3,(H2,26,27). The van der Waals surface area contributed by atoms with E-state index in [1.54, 1.807) is 32.6 Å². The normalized spacial score (nSPS) is 16.9. The van der Waals surface area contributed by atoms with Crippen molar-refractivity contribution in [1.29, 1.82) is 0 Å². The van der Waals surface area contributed by atoms with Crippen molar-refractivity contribution < 1.29 is 28.3 Å². The highest BCUT2D eigenvalue weighted by Gasteiger charge is 2.51. The predicted octanol–water partition coefficient (Wildman–Crippen LogP) is 5.44. The van der Waals surface area contributed by atoms with Gasteiger partial charge in [0.15, 0.2) is 6.34 Å². The fourth-order valence-corrected chi connectivity index (χ4v) is 9.91. The molecular formula is C25H34NO6PS2. The number of carbonyl (C=O) groups excluding carboxylic acids is 1. The van der Waals surface area contributed by atoms with Crippen LogP contribution in [0.4, 0.5) is 0 Å². The molecule has 10 heteroatoms. The van der Waals surface area contributed by atoms with Crippen LogP contribution in [0.25, 0.3) is 0 Å². The second-order valence-electron chi connectivity index (χ2n) is 8.39. The van der Waals surface area contributed by atoms with Crippen LogP contribution in [0.3, 0.4) is 0 Å². The first-order valence-corrected chi connectivity index (χ1v) is 16.0. The summed E-state index contributed by atoms with van der Waals surface area (Å²) in [7, 11) is 3.26. The fraction of sp³-hybridized carbons (Fsp3) is 0.480. The molecule has 35 heavy (non-hydrogen) atoms. The van der Waals surface area contributed by atoms with Crippen molar-refractivity contribution >= 4 is 35.4 Å². The summed E-state index contributed by atoms with van der Waals surface area (Å²) in [6.07, 6.45) is -1.21. The SMILES string of the molecule is COc1cc(COCCCSc2ccc(SP(C)(=O)C3(C(N)=O)CCOCC3)cc2)cc(OC)c1. The molecule has 0 radical (unpaired) electrons. The van der Waals surface area contributed by atoms with E-state index in [1.165, 1.54) is 11.4 Å². The van der Waals surface area contributed by atoms with Gasteiger partial charge in [0.1, 0.15) is 16.7 Å². The van der Waals surface area contributed by atoms with Crippen LogP contribution in [0, 0.1) is 0 Å². The van der Waals surface area contributed by atoms with Gasteiger partial charge in [0.2, 0.25) is 5.91 Å². The number of rotatable bonds is 13. The maximum Gasteiger partial charge on any atom is 0.232 e. The molecule has 2 N–H and O–H groups in total. The minimum Gasteiger partial charge on any atom is -0.497 e. The summed E-state index contributed by atoms with van der Waals surface area (Å²) in [5.74, 6) is 1.93. The van der Waals surface area contributed by atoms with Gasteiger partial charge in [-0.3, -0.25) is 4.79 Å². The van der Waals surface area contributed by atoms with E-state index in [1.807, 2.05) is 42.5 Å². The fourth-order valence-electron chi connectivity index (χ4n) is 3.94. The molecule has 1 aliphatic rings. The van der Waals surface area contributed by atoms with Crippen molar-refractivity contribution in [1.82, 2.24) is 0 Å². The maximum absolute atomic E-state index is 13.6. The molecule has 7 nitrogen and oxygen atoms in total. The van der Waals surface area contributed by atoms with E-state index in [-0.39, 0.29) is 0 Å². The topological polar surface area (TPSA) is 97.1 Å². The molecule has 0 saturated carbocycles. The zero-order valence-corrected chi connectivity index (χ0v) is 23.0. The lowest BCUT2D eigenvalue weighted by atomic mass is 9.98. The summed E-state index contributed by atoms with van der Waals surface area (Å²) < 4.78 is 35.4. The Morgan fingerprint density at radius 1 is 1.06 bits per heavy atom. The van der Waals surface area contributed by atoms with Gasteiger partial charge in [-0.1, -0.05) is 11.4 Å². The minimum atomic E-state index is -2.94. The average Bonchev–Trinajstić information content (AvgIpc) is 2.86. The summed E-state index contributed by atoms with van der Waals surface area (Å²) in [5.41, 5.74) is 6.72. The van der Waals surface area contributed by atoms with Crippen LogP contribution in [-0.2, 0) is 25.4 Å². The highest BCUT2D eigenvalue weighted by molar-refractivity contribution is 8.58. The van der Waals surface area contributed by atoms with Gasteiger partial charge >= 0.3 is 0 Å². The van der Waals surface area contributed by atoms with Crippen molar-refractivity contribution in [2.24, 2.45) is 5.73 Å². The molecule has 0 aliphatic carbocycles. The quantitative estimate of drug-likeness (QED) is 0.204. The first-order valence-electron chi connectivity index (χ1n) is 11.5. The molecule has 1 unspecified atom stereocenters. The lowest BCUT2D eigenvalue weighted by Crippen LogP contribution is -2.47. The Balaban J connectivity index is 1.44. The second-order valence-corrected chi connectivity index (χ2v) is 15.4. The Labute approximate surface area is 215 Å². The van der Waals surface area contributed by atoms with E-state index in [0.29, 0.717) is 39.3 Å². The summed E-state index contributed by atoms with van der Waals surface area (Å²) >= 11 is 3.03. The van der Waals surface area contributed by atoms with Gasteiger partial charge in [-0.05, 0) is 67.9 Å². The van der Waals surface area contributed by atoms with Crippen molar-refractivity contribution in [2.45, 2.75) is 40.8 Å². The summed E-state index contributed by atoms with van der Waals surface area (Å²) in [4.78, 5) is 14.3. The molecule has 2 aromatic carbocycles. The van der Waals surface area contributed by atoms with E-state index >= 15 is 0 Å². The monoisotopic (exact) mass is 539 g/mol. The van der Waals surface area contributed by atoms with Crippen LogP contribution >= 0.6 is 29.5 Å². The Morgan fingerprint density at radius 2 is 1.66 bits per heavy atom. The van der Waals surface area contributed by atoms with E-state index in [2.05, 4.69) is 0 Å². The molecule has 1 fully saturated rings. The third-order valence-corrected chi connectivity index (χ3v) is 12.9. The number of ether oxygens (including phenoxy) is 4. The third-order valence-electron chi connectivity index (χ3n) is 6.04. The highest BCUT2D eigenvalue weighted by atomic mass is 32.7. The second kappa shape index (κ2) is 13.1. The van der Waals surface area contributed by atoms with Crippen LogP contribution in [-0.4, -0.2) is 57.5 Å². The lowest BCUT2D eigenvalue weighted by molar-refractivity contribution is -0.122. The molecule has 1 atom stereocenters. The Morgan fingerprint density at radius 3 is 2.23 bits per heavy atom. The van der Waals surface area contributed by atoms with Gasteiger partial charge in [0.05, 0.1) is 20.8 Å². The Kier molecular flexibility index (Phi) is 10.4. The molecule has 0 spiro atoms. The maximum atomic E-state index is 13.6. The van der Waals surface area contributed by atoms with E-state index in [4.69, 9.17) is 24.7 Å². The van der Waals surface area contributed by atoms with Gasteiger partial charge in [-0.15, -0.1) is 11.8 Å². The Hall–Kier alpha value is -1.64. The number of hydrogen-bond acceptors (Lipinski definition) is 8. The van der Waals surface area contributed by atoms with Gasteiger partial charge in [-0.2, -0.15) is 0 Å². The number of benzene rings is 2. The lowest BCUT2D eigenvalue weighted by Gasteiger charge is -2.38. The van der Waals surface area contributed by atoms with Crippen LogP contribution < -0.4 is 15.2 Å².